The van der Waals surface area contributed by atoms with Gasteiger partial charge in [0.05, 0.1) is 13.2 Å². The summed E-state index contributed by atoms with van der Waals surface area (Å²) in [5.74, 6) is 5.25. The molecular weight excluding hydrogens is 324 g/mol. The molecule has 0 aromatic carbocycles. The van der Waals surface area contributed by atoms with Crippen LogP contribution in [0.3, 0.4) is 0 Å². The van der Waals surface area contributed by atoms with Gasteiger partial charge in [-0.2, -0.15) is 0 Å². The zero-order valence-electron chi connectivity index (χ0n) is 16.0. The topological polar surface area (TPSA) is 38.7 Å². The molecule has 0 bridgehead atoms. The van der Waals surface area contributed by atoms with E-state index in [0.29, 0.717) is 17.8 Å². The molecule has 26 heavy (non-hydrogen) atoms. The summed E-state index contributed by atoms with van der Waals surface area (Å²) in [6, 6.07) is 0. The molecule has 3 nitrogen and oxygen atoms in total. The predicted molar refractivity (Wildman–Crippen MR) is 100 cm³/mol. The summed E-state index contributed by atoms with van der Waals surface area (Å²) in [5, 5.41) is 11.2. The Labute approximate surface area is 157 Å². The Morgan fingerprint density at radius 1 is 1.15 bits per heavy atom. The second-order valence-electron chi connectivity index (χ2n) is 9.47. The summed E-state index contributed by atoms with van der Waals surface area (Å²) in [7, 11) is 0. The minimum absolute atomic E-state index is 0.0537. The van der Waals surface area contributed by atoms with Gasteiger partial charge in [-0.1, -0.05) is 24.5 Å². The number of fused-ring (bicyclic) bond motifs is 5. The van der Waals surface area contributed by atoms with Crippen molar-refractivity contribution in [2.75, 3.05) is 13.2 Å². The number of ether oxygens (including phenoxy) is 2. The Bertz CT molecular complexity index is 655. The lowest BCUT2D eigenvalue weighted by Gasteiger charge is -2.56. The lowest BCUT2D eigenvalue weighted by atomic mass is 9.50. The van der Waals surface area contributed by atoms with Crippen LogP contribution in [0, 0.1) is 41.4 Å². The molecule has 1 N–H and O–H groups in total. The maximum Gasteiger partial charge on any atom is 0.172 e. The Balaban J connectivity index is 1.43. The van der Waals surface area contributed by atoms with Crippen LogP contribution in [0.1, 0.15) is 64.7 Å². The summed E-state index contributed by atoms with van der Waals surface area (Å²) in [6.07, 6.45) is 17.9. The van der Waals surface area contributed by atoms with E-state index < -0.39 is 5.60 Å². The highest BCUT2D eigenvalue weighted by molar-refractivity contribution is 5.27. The van der Waals surface area contributed by atoms with Gasteiger partial charge in [0.25, 0.3) is 0 Å². The van der Waals surface area contributed by atoms with Crippen molar-refractivity contribution in [2.24, 2.45) is 29.1 Å². The molecule has 0 aromatic heterocycles. The zero-order valence-corrected chi connectivity index (χ0v) is 16.0. The number of terminal acetylenes is 1. The standard InChI is InChI=1S/C23H32O3/c1-3-21-10-7-18-17-8-12-23(25-13-14-26-23)15-16(17)5-6-19(18)20(21)9-11-22(21,24)4-2/h2,5,17-20,24H,3,6-15H2,1H3/t17?,18-,19-,20+,21+,22+/m1/s1. The van der Waals surface area contributed by atoms with Gasteiger partial charge in [-0.15, -0.1) is 6.42 Å². The van der Waals surface area contributed by atoms with Crippen LogP contribution in [-0.4, -0.2) is 29.7 Å². The SMILES string of the molecule is C#C[C@]1(O)CC[C@H]2[C@@H]3CC=C4CC5(CCC4[C@H]3CC[C@@]21CC)OCCO5. The van der Waals surface area contributed by atoms with Crippen molar-refractivity contribution in [2.45, 2.75) is 76.1 Å². The highest BCUT2D eigenvalue weighted by atomic mass is 16.7. The molecule has 5 aliphatic rings. The summed E-state index contributed by atoms with van der Waals surface area (Å²) in [5.41, 5.74) is 0.652. The first-order chi connectivity index (χ1) is 12.6. The molecule has 1 unspecified atom stereocenters. The number of hydrogen-bond acceptors (Lipinski definition) is 3. The van der Waals surface area contributed by atoms with E-state index in [9.17, 15) is 5.11 Å². The fourth-order valence-corrected chi connectivity index (χ4v) is 7.77. The average molecular weight is 357 g/mol. The number of hydrogen-bond donors (Lipinski definition) is 1. The molecule has 6 atom stereocenters. The monoisotopic (exact) mass is 356 g/mol. The van der Waals surface area contributed by atoms with Crippen LogP contribution in [0.25, 0.3) is 0 Å². The van der Waals surface area contributed by atoms with Crippen LogP contribution in [0.15, 0.2) is 11.6 Å². The minimum Gasteiger partial charge on any atom is -0.377 e. The Morgan fingerprint density at radius 2 is 1.96 bits per heavy atom. The van der Waals surface area contributed by atoms with E-state index in [1.807, 2.05) is 0 Å². The van der Waals surface area contributed by atoms with E-state index in [1.54, 1.807) is 5.57 Å². The van der Waals surface area contributed by atoms with Gasteiger partial charge in [0, 0.05) is 18.3 Å². The van der Waals surface area contributed by atoms with Gasteiger partial charge in [0.1, 0.15) is 5.60 Å². The van der Waals surface area contributed by atoms with Gasteiger partial charge < -0.3 is 14.6 Å². The van der Waals surface area contributed by atoms with Crippen molar-refractivity contribution in [3.05, 3.63) is 11.6 Å². The van der Waals surface area contributed by atoms with Crippen molar-refractivity contribution in [3.8, 4) is 12.3 Å². The van der Waals surface area contributed by atoms with E-state index in [-0.39, 0.29) is 11.2 Å². The third kappa shape index (κ3) is 2.13. The molecule has 142 valence electrons. The molecular formula is C23H32O3. The predicted octanol–water partition coefficient (Wildman–Crippen LogP) is 4.06. The van der Waals surface area contributed by atoms with Crippen LogP contribution in [0.5, 0.6) is 0 Å². The smallest absolute Gasteiger partial charge is 0.172 e. The van der Waals surface area contributed by atoms with Gasteiger partial charge in [0.2, 0.25) is 0 Å². The first-order valence-corrected chi connectivity index (χ1v) is 10.7. The van der Waals surface area contributed by atoms with Crippen molar-refractivity contribution in [1.29, 1.82) is 0 Å². The molecule has 1 spiro atoms. The highest BCUT2D eigenvalue weighted by Crippen LogP contribution is 2.66. The third-order valence-corrected chi connectivity index (χ3v) is 8.98. The maximum absolute atomic E-state index is 11.2. The summed E-state index contributed by atoms with van der Waals surface area (Å²) in [4.78, 5) is 0. The summed E-state index contributed by atoms with van der Waals surface area (Å²) < 4.78 is 12.0. The quantitative estimate of drug-likeness (QED) is 0.569. The van der Waals surface area contributed by atoms with Gasteiger partial charge in [0.15, 0.2) is 5.79 Å². The van der Waals surface area contributed by atoms with Gasteiger partial charge in [-0.25, -0.2) is 0 Å². The van der Waals surface area contributed by atoms with Crippen molar-refractivity contribution in [3.63, 3.8) is 0 Å². The van der Waals surface area contributed by atoms with Crippen LogP contribution in [-0.2, 0) is 9.47 Å². The van der Waals surface area contributed by atoms with Crippen LogP contribution in [0.2, 0.25) is 0 Å². The maximum atomic E-state index is 11.2. The first kappa shape index (κ1) is 17.3. The molecule has 4 aliphatic carbocycles. The summed E-state index contributed by atoms with van der Waals surface area (Å²) >= 11 is 0. The molecule has 4 fully saturated rings. The molecule has 0 aromatic rings. The molecule has 1 aliphatic heterocycles. The molecule has 3 saturated carbocycles. The van der Waals surface area contributed by atoms with Crippen LogP contribution < -0.4 is 0 Å². The van der Waals surface area contributed by atoms with Gasteiger partial charge >= 0.3 is 0 Å². The van der Waals surface area contributed by atoms with Crippen molar-refractivity contribution >= 4 is 0 Å². The van der Waals surface area contributed by atoms with Gasteiger partial charge in [-0.3, -0.25) is 0 Å². The lowest BCUT2D eigenvalue weighted by Crippen LogP contribution is -2.53. The van der Waals surface area contributed by atoms with Crippen molar-refractivity contribution < 1.29 is 14.6 Å². The molecule has 3 heteroatoms. The Morgan fingerprint density at radius 3 is 2.69 bits per heavy atom. The zero-order chi connectivity index (χ0) is 18.0. The fourth-order valence-electron chi connectivity index (χ4n) is 7.77. The molecule has 1 saturated heterocycles. The minimum atomic E-state index is -0.885. The lowest BCUT2D eigenvalue weighted by molar-refractivity contribution is -0.177. The van der Waals surface area contributed by atoms with E-state index in [4.69, 9.17) is 15.9 Å². The van der Waals surface area contributed by atoms with Crippen LogP contribution >= 0.6 is 0 Å². The number of rotatable bonds is 1. The fraction of sp³-hybridized carbons (Fsp3) is 0.826. The molecule has 0 amide bonds. The first-order valence-electron chi connectivity index (χ1n) is 10.7. The second kappa shape index (κ2) is 5.84. The number of aliphatic hydroxyl groups is 1. The van der Waals surface area contributed by atoms with E-state index in [0.717, 1.165) is 64.1 Å². The van der Waals surface area contributed by atoms with E-state index >= 15 is 0 Å². The molecule has 0 radical (unpaired) electrons. The van der Waals surface area contributed by atoms with E-state index in [1.165, 1.54) is 12.8 Å². The molecule has 1 heterocycles. The average Bonchev–Trinajstić information content (AvgIpc) is 3.24. The Hall–Kier alpha value is -0.820. The summed E-state index contributed by atoms with van der Waals surface area (Å²) in [6.45, 7) is 3.73. The highest BCUT2D eigenvalue weighted by Gasteiger charge is 2.63. The molecule has 5 rings (SSSR count). The second-order valence-corrected chi connectivity index (χ2v) is 9.47. The Kier molecular flexibility index (Phi) is 3.88. The largest absolute Gasteiger partial charge is 0.377 e. The number of allylic oxidation sites excluding steroid dienone is 1. The van der Waals surface area contributed by atoms with Crippen molar-refractivity contribution in [1.82, 2.24) is 0 Å². The van der Waals surface area contributed by atoms with E-state index in [2.05, 4.69) is 18.9 Å². The van der Waals surface area contributed by atoms with Gasteiger partial charge in [-0.05, 0) is 68.6 Å². The normalized spacial score (nSPS) is 49.0. The third-order valence-electron chi connectivity index (χ3n) is 8.98. The van der Waals surface area contributed by atoms with Crippen LogP contribution in [0.4, 0.5) is 0 Å².